The molecule has 3 aromatic rings. The minimum absolute atomic E-state index is 0.0128. The highest BCUT2D eigenvalue weighted by Crippen LogP contribution is 2.60. The minimum Gasteiger partial charge on any atom is -0.490 e. The molecule has 476 valence electrons. The van der Waals surface area contributed by atoms with Crippen molar-refractivity contribution in [2.75, 3.05) is 58.2 Å². The number of nitrogens with one attached hydrogen (secondary N) is 7. The number of aryl methyl sites for hydroxylation is 1. The molecule has 86 heavy (non-hydrogen) atoms. The van der Waals surface area contributed by atoms with Crippen LogP contribution in [0.4, 0.5) is 9.59 Å². The van der Waals surface area contributed by atoms with Crippen LogP contribution in [-0.4, -0.2) is 140 Å². The number of rotatable bonds is 40. The van der Waals surface area contributed by atoms with Gasteiger partial charge in [-0.25, -0.2) is 22.0 Å². The van der Waals surface area contributed by atoms with Crippen molar-refractivity contribution in [3.8, 4) is 5.75 Å². The average molecular weight is 1230 g/mol. The van der Waals surface area contributed by atoms with Gasteiger partial charge in [-0.3, -0.25) is 19.2 Å². The van der Waals surface area contributed by atoms with Crippen LogP contribution in [0, 0.1) is 30.1 Å². The number of unbranched alkanes of at least 4 members (excludes halogenated alkanes) is 12. The Morgan fingerprint density at radius 2 is 1.21 bits per heavy atom. The Kier molecular flexibility index (Phi) is 26.0. The number of carbonyl (C=O) groups is 6. The Hall–Kier alpha value is -5.54. The van der Waals surface area contributed by atoms with E-state index in [4.69, 9.17) is 4.74 Å². The molecule has 2 saturated heterocycles. The lowest BCUT2D eigenvalue weighted by atomic mass is 9.49. The van der Waals surface area contributed by atoms with Crippen LogP contribution < -0.4 is 42.0 Å². The lowest BCUT2D eigenvalue weighted by Gasteiger charge is -2.55. The Morgan fingerprint density at radius 3 is 1.81 bits per heavy atom. The Bertz CT molecular complexity index is 2760. The largest absolute Gasteiger partial charge is 0.490 e. The number of carbonyl (C=O) groups excluding carboxylic acids is 6. The van der Waals surface area contributed by atoms with E-state index in [-0.39, 0.29) is 65.3 Å². The number of aromatic nitrogens is 1. The molecule has 6 fully saturated rings. The summed E-state index contributed by atoms with van der Waals surface area (Å²) in [6, 6.07) is 13.6. The van der Waals surface area contributed by atoms with Gasteiger partial charge in [0.25, 0.3) is 10.0 Å². The number of aliphatic hydroxyl groups is 1. The molecule has 2 aromatic carbocycles. The Balaban J connectivity index is 0.661. The molecule has 3 heterocycles. The maximum Gasteiger partial charge on any atom is 0.317 e. The standard InChI is InChI=1S/C65H99N9O10S2/c1-47-26-28-52(29-27-47)86(82,83)74-37-30-53-55(74)20-19-21-56(53)84-45-51(75)44-73(64(81)70-35-14-5-3-2-4-13-34-69-62(79)65-41-48-38-49(42-65)40-50(39-48)43-65)36-18-8-17-33-68-59(77)24-10-6-15-31-66-58(76)23-9-7-16-32-67-60(78)25-12-11-22-57-61-54(46-85-57)71-63(80)72-61/h19-21,26-30,37,48-51,54,57,61,75H,2-18,22-25,31-36,38-46H2,1H3,(H,66,76)(H,67,78)(H,68,77)(H,69,79)(H,70,81)(H2,71,72,80)/t48?,49?,50?,51?,54-,57-,61-,65?/m0/s1. The summed E-state index contributed by atoms with van der Waals surface area (Å²) < 4.78 is 34.5. The van der Waals surface area contributed by atoms with Gasteiger partial charge in [0.15, 0.2) is 0 Å². The number of nitrogens with zero attached hydrogens (tertiary/aromatic N) is 2. The summed E-state index contributed by atoms with van der Waals surface area (Å²) in [7, 11) is -3.87. The third kappa shape index (κ3) is 20.0. The Labute approximate surface area is 515 Å². The van der Waals surface area contributed by atoms with Crippen molar-refractivity contribution in [3.63, 3.8) is 0 Å². The van der Waals surface area contributed by atoms with Gasteiger partial charge in [0.2, 0.25) is 23.6 Å². The number of ether oxygens (including phenoxy) is 1. The lowest BCUT2D eigenvalue weighted by Crippen LogP contribution is -2.53. The summed E-state index contributed by atoms with van der Waals surface area (Å²) in [5.74, 6) is 4.01. The third-order valence-electron chi connectivity index (χ3n) is 18.4. The molecule has 8 amide bonds. The van der Waals surface area contributed by atoms with Crippen molar-refractivity contribution in [1.82, 2.24) is 46.1 Å². The van der Waals surface area contributed by atoms with Gasteiger partial charge in [-0.2, -0.15) is 11.8 Å². The van der Waals surface area contributed by atoms with E-state index in [1.807, 2.05) is 18.7 Å². The third-order valence-corrected chi connectivity index (χ3v) is 21.6. The van der Waals surface area contributed by atoms with E-state index in [1.165, 1.54) is 29.4 Å². The van der Waals surface area contributed by atoms with Gasteiger partial charge in [-0.15, -0.1) is 0 Å². The fourth-order valence-electron chi connectivity index (χ4n) is 14.1. The predicted octanol–water partition coefficient (Wildman–Crippen LogP) is 8.98. The molecule has 4 bridgehead atoms. The molecule has 9 rings (SSSR count). The van der Waals surface area contributed by atoms with Crippen molar-refractivity contribution >= 4 is 68.4 Å². The van der Waals surface area contributed by atoms with Crippen LogP contribution in [0.5, 0.6) is 5.75 Å². The molecule has 2 aliphatic heterocycles. The maximum absolute atomic E-state index is 13.7. The van der Waals surface area contributed by atoms with Gasteiger partial charge < -0.3 is 52.0 Å². The minimum atomic E-state index is -3.87. The second kappa shape index (κ2) is 33.7. The highest BCUT2D eigenvalue weighted by atomic mass is 32.2. The first-order valence-corrected chi connectivity index (χ1v) is 35.2. The van der Waals surface area contributed by atoms with E-state index >= 15 is 0 Å². The van der Waals surface area contributed by atoms with Gasteiger partial charge in [0.05, 0.1) is 29.0 Å². The number of amides is 8. The van der Waals surface area contributed by atoms with Crippen LogP contribution in [-0.2, 0) is 29.2 Å². The van der Waals surface area contributed by atoms with E-state index in [0.29, 0.717) is 86.2 Å². The summed E-state index contributed by atoms with van der Waals surface area (Å²) in [5, 5.41) is 33.6. The molecule has 8 N–H and O–H groups in total. The molecule has 4 aliphatic carbocycles. The fourth-order valence-corrected chi connectivity index (χ4v) is 17.0. The van der Waals surface area contributed by atoms with Crippen molar-refractivity contribution < 1.29 is 47.0 Å². The molecule has 4 atom stereocenters. The quantitative estimate of drug-likeness (QED) is 0.0197. The molecule has 1 aromatic heterocycles. The van der Waals surface area contributed by atoms with Crippen LogP contribution >= 0.6 is 11.8 Å². The van der Waals surface area contributed by atoms with Gasteiger partial charge in [0.1, 0.15) is 18.5 Å². The summed E-state index contributed by atoms with van der Waals surface area (Å²) in [6.45, 7) is 5.14. The maximum atomic E-state index is 13.7. The fraction of sp³-hybridized carbons (Fsp3) is 0.692. The molecule has 4 saturated carbocycles. The predicted molar refractivity (Wildman–Crippen MR) is 337 cm³/mol. The monoisotopic (exact) mass is 1230 g/mol. The number of hydrogen-bond acceptors (Lipinski definition) is 11. The number of fused-ring (bicyclic) bond motifs is 2. The van der Waals surface area contributed by atoms with E-state index < -0.39 is 16.1 Å². The van der Waals surface area contributed by atoms with Crippen LogP contribution in [0.3, 0.4) is 0 Å². The highest BCUT2D eigenvalue weighted by Gasteiger charge is 2.54. The number of hydrogen-bond donors (Lipinski definition) is 8. The topological polar surface area (TPSA) is 258 Å². The molecular weight excluding hydrogens is 1130 g/mol. The zero-order valence-electron chi connectivity index (χ0n) is 51.0. The first-order chi connectivity index (χ1) is 41.7. The van der Waals surface area contributed by atoms with Crippen molar-refractivity contribution in [1.29, 1.82) is 0 Å². The van der Waals surface area contributed by atoms with E-state index in [9.17, 15) is 42.3 Å². The lowest BCUT2D eigenvalue weighted by molar-refractivity contribution is -0.146. The summed E-state index contributed by atoms with van der Waals surface area (Å²) in [6.07, 6.45) is 24.8. The molecule has 19 nitrogen and oxygen atoms in total. The number of urea groups is 2. The molecule has 0 radical (unpaired) electrons. The van der Waals surface area contributed by atoms with E-state index in [0.717, 1.165) is 164 Å². The first kappa shape index (κ1) is 66.4. The molecular formula is C65H99N9O10S2. The zero-order chi connectivity index (χ0) is 60.7. The number of aliphatic hydroxyl groups excluding tert-OH is 1. The average Bonchev–Trinajstić information content (AvgIpc) is 2.34. The van der Waals surface area contributed by atoms with Crippen molar-refractivity contribution in [2.24, 2.45) is 23.2 Å². The first-order valence-electron chi connectivity index (χ1n) is 32.7. The van der Waals surface area contributed by atoms with Crippen LogP contribution in [0.25, 0.3) is 10.9 Å². The normalized spacial score (nSPS) is 22.2. The molecule has 6 aliphatic rings. The Morgan fingerprint density at radius 1 is 0.674 bits per heavy atom. The summed E-state index contributed by atoms with van der Waals surface area (Å²) in [5.41, 5.74) is 1.30. The van der Waals surface area contributed by atoms with Gasteiger partial charge in [-0.1, -0.05) is 68.7 Å². The van der Waals surface area contributed by atoms with Crippen molar-refractivity contribution in [3.05, 3.63) is 60.3 Å². The van der Waals surface area contributed by atoms with E-state index in [1.54, 1.807) is 53.4 Å². The second-order valence-corrected chi connectivity index (χ2v) is 28.5. The molecule has 0 spiro atoms. The SMILES string of the molecule is Cc1ccc(S(=O)(=O)n2ccc3c(OCC(O)CN(CCCCCNC(=O)CCCCCNC(=O)CCCCCNC(=O)CCCC[C@@H]4SC[C@@H]5NC(=O)N[C@@H]54)C(=O)NCCCCCCCCNC(=O)C45CC6CC(CC(C6)C4)C5)cccc32)cc1. The van der Waals surface area contributed by atoms with Gasteiger partial charge in [0, 0.05) is 86.5 Å². The highest BCUT2D eigenvalue weighted by molar-refractivity contribution is 8.00. The summed E-state index contributed by atoms with van der Waals surface area (Å²) in [4.78, 5) is 77.7. The molecule has 21 heteroatoms. The van der Waals surface area contributed by atoms with Crippen LogP contribution in [0.15, 0.2) is 59.6 Å². The van der Waals surface area contributed by atoms with Gasteiger partial charge >= 0.3 is 12.1 Å². The smallest absolute Gasteiger partial charge is 0.317 e. The van der Waals surface area contributed by atoms with Crippen LogP contribution in [0.1, 0.15) is 179 Å². The van der Waals surface area contributed by atoms with E-state index in [2.05, 4.69) is 37.2 Å². The summed E-state index contributed by atoms with van der Waals surface area (Å²) >= 11 is 1.89. The second-order valence-electron chi connectivity index (χ2n) is 25.4. The zero-order valence-corrected chi connectivity index (χ0v) is 52.7. The number of thioether (sulfide) groups is 1. The van der Waals surface area contributed by atoms with Crippen LogP contribution in [0.2, 0.25) is 0 Å². The van der Waals surface area contributed by atoms with Crippen molar-refractivity contribution in [2.45, 2.75) is 209 Å². The molecule has 1 unspecified atom stereocenters. The number of benzene rings is 2. The van der Waals surface area contributed by atoms with Gasteiger partial charge in [-0.05, 0) is 164 Å².